The fourth-order valence-corrected chi connectivity index (χ4v) is 2.07. The summed E-state index contributed by atoms with van der Waals surface area (Å²) in [6.45, 7) is 4.28. The van der Waals surface area contributed by atoms with Crippen LogP contribution >= 0.6 is 0 Å². The molecular weight excluding hydrogens is 264 g/mol. The Bertz CT molecular complexity index is 602. The molecule has 2 aromatic carbocycles. The maximum Gasteiger partial charge on any atom is 0.310 e. The third-order valence-electron chi connectivity index (χ3n) is 3.56. The summed E-state index contributed by atoms with van der Waals surface area (Å²) < 4.78 is 5.77. The zero-order valence-corrected chi connectivity index (χ0v) is 12.4. The van der Waals surface area contributed by atoms with Crippen molar-refractivity contribution in [3.05, 3.63) is 65.2 Å². The number of carboxylic acids is 1. The fourth-order valence-electron chi connectivity index (χ4n) is 2.07. The molecule has 0 spiro atoms. The highest BCUT2D eigenvalue weighted by molar-refractivity contribution is 5.75. The molecule has 0 aliphatic heterocycles. The van der Waals surface area contributed by atoms with Gasteiger partial charge in [-0.15, -0.1) is 0 Å². The second-order valence-electron chi connectivity index (χ2n) is 5.09. The monoisotopic (exact) mass is 284 g/mol. The molecule has 0 heterocycles. The van der Waals surface area contributed by atoms with Crippen LogP contribution in [-0.2, 0) is 17.8 Å². The lowest BCUT2D eigenvalue weighted by Gasteiger charge is -2.10. The van der Waals surface area contributed by atoms with Crippen molar-refractivity contribution in [2.45, 2.75) is 32.8 Å². The molecule has 0 aromatic heterocycles. The van der Waals surface area contributed by atoms with Crippen LogP contribution in [0.15, 0.2) is 48.5 Å². The largest absolute Gasteiger partial charge is 0.489 e. The predicted octanol–water partition coefficient (Wildman–Crippen LogP) is 4.02. The average molecular weight is 284 g/mol. The van der Waals surface area contributed by atoms with Crippen molar-refractivity contribution in [2.75, 3.05) is 0 Å². The zero-order valence-electron chi connectivity index (χ0n) is 12.4. The smallest absolute Gasteiger partial charge is 0.310 e. The summed E-state index contributed by atoms with van der Waals surface area (Å²) in [4.78, 5) is 10.9. The number of aryl methyl sites for hydroxylation is 1. The van der Waals surface area contributed by atoms with Gasteiger partial charge < -0.3 is 9.84 Å². The van der Waals surface area contributed by atoms with Crippen molar-refractivity contribution in [1.29, 1.82) is 0 Å². The Labute approximate surface area is 125 Å². The van der Waals surface area contributed by atoms with Gasteiger partial charge in [0.05, 0.1) is 5.92 Å². The number of carbonyl (C=O) groups is 1. The van der Waals surface area contributed by atoms with E-state index in [4.69, 9.17) is 9.84 Å². The fraction of sp³-hybridized carbons (Fsp3) is 0.278. The number of carboxylic acid groups (broad SMARTS) is 1. The molecule has 0 aliphatic carbocycles. The van der Waals surface area contributed by atoms with E-state index in [-0.39, 0.29) is 0 Å². The summed E-state index contributed by atoms with van der Waals surface area (Å²) in [5.74, 6) is -0.436. The third kappa shape index (κ3) is 4.09. The van der Waals surface area contributed by atoms with Gasteiger partial charge in [0.15, 0.2) is 0 Å². The molecule has 2 aromatic rings. The molecule has 0 saturated heterocycles. The molecule has 1 N–H and O–H groups in total. The Morgan fingerprint density at radius 3 is 2.48 bits per heavy atom. The number of rotatable bonds is 6. The minimum absolute atomic E-state index is 0.481. The van der Waals surface area contributed by atoms with E-state index < -0.39 is 11.9 Å². The molecule has 2 rings (SSSR count). The van der Waals surface area contributed by atoms with E-state index in [9.17, 15) is 4.79 Å². The molecule has 3 heteroatoms. The molecule has 110 valence electrons. The Hall–Kier alpha value is -2.29. The van der Waals surface area contributed by atoms with Crippen LogP contribution in [0.4, 0.5) is 0 Å². The van der Waals surface area contributed by atoms with E-state index in [1.807, 2.05) is 42.5 Å². The predicted molar refractivity (Wildman–Crippen MR) is 82.6 cm³/mol. The maximum absolute atomic E-state index is 10.9. The van der Waals surface area contributed by atoms with Crippen LogP contribution in [0.2, 0.25) is 0 Å². The molecule has 1 unspecified atom stereocenters. The van der Waals surface area contributed by atoms with E-state index in [1.54, 1.807) is 6.92 Å². The molecule has 0 fully saturated rings. The van der Waals surface area contributed by atoms with Gasteiger partial charge >= 0.3 is 5.97 Å². The Morgan fingerprint density at radius 1 is 1.14 bits per heavy atom. The zero-order chi connectivity index (χ0) is 15.2. The molecule has 0 amide bonds. The number of hydrogen-bond donors (Lipinski definition) is 1. The van der Waals surface area contributed by atoms with Crippen molar-refractivity contribution < 1.29 is 14.6 Å². The Kier molecular flexibility index (Phi) is 4.99. The standard InChI is InChI=1S/C18H20O3/c1-3-14-5-4-6-17(11-14)21-12-15-7-9-16(10-8-15)13(2)18(19)20/h4-11,13H,3,12H2,1-2H3,(H,19,20). The highest BCUT2D eigenvalue weighted by atomic mass is 16.5. The number of benzene rings is 2. The molecule has 21 heavy (non-hydrogen) atoms. The molecule has 0 bridgehead atoms. The van der Waals surface area contributed by atoms with Crippen LogP contribution < -0.4 is 4.74 Å². The van der Waals surface area contributed by atoms with Gasteiger partial charge in [-0.3, -0.25) is 4.79 Å². The molecule has 3 nitrogen and oxygen atoms in total. The lowest BCUT2D eigenvalue weighted by molar-refractivity contribution is -0.138. The van der Waals surface area contributed by atoms with Crippen LogP contribution in [0.1, 0.15) is 36.5 Å². The second kappa shape index (κ2) is 6.93. The van der Waals surface area contributed by atoms with Gasteiger partial charge in [-0.1, -0.05) is 43.3 Å². The van der Waals surface area contributed by atoms with Gasteiger partial charge in [0.1, 0.15) is 12.4 Å². The first-order chi connectivity index (χ1) is 10.1. The van der Waals surface area contributed by atoms with Crippen LogP contribution in [0.3, 0.4) is 0 Å². The van der Waals surface area contributed by atoms with Crippen LogP contribution in [0, 0.1) is 0 Å². The van der Waals surface area contributed by atoms with Gasteiger partial charge in [-0.25, -0.2) is 0 Å². The van der Waals surface area contributed by atoms with Crippen molar-refractivity contribution >= 4 is 5.97 Å². The van der Waals surface area contributed by atoms with Crippen LogP contribution in [-0.4, -0.2) is 11.1 Å². The number of hydrogen-bond acceptors (Lipinski definition) is 2. The molecule has 0 radical (unpaired) electrons. The molecule has 0 saturated carbocycles. The minimum Gasteiger partial charge on any atom is -0.489 e. The van der Waals surface area contributed by atoms with Crippen LogP contribution in [0.25, 0.3) is 0 Å². The summed E-state index contributed by atoms with van der Waals surface area (Å²) in [6.07, 6.45) is 0.985. The van der Waals surface area contributed by atoms with Crippen molar-refractivity contribution in [3.63, 3.8) is 0 Å². The van der Waals surface area contributed by atoms with Crippen molar-refractivity contribution in [3.8, 4) is 5.75 Å². The first kappa shape index (κ1) is 15.1. The second-order valence-corrected chi connectivity index (χ2v) is 5.09. The van der Waals surface area contributed by atoms with E-state index in [1.165, 1.54) is 5.56 Å². The SMILES string of the molecule is CCc1cccc(OCc2ccc(C(C)C(=O)O)cc2)c1. The summed E-state index contributed by atoms with van der Waals surface area (Å²) in [6, 6.07) is 15.6. The lowest BCUT2D eigenvalue weighted by Crippen LogP contribution is -2.07. The topological polar surface area (TPSA) is 46.5 Å². The molecular formula is C18H20O3. The van der Waals surface area contributed by atoms with E-state index in [0.717, 1.165) is 23.3 Å². The van der Waals surface area contributed by atoms with Gasteiger partial charge in [0.2, 0.25) is 0 Å². The lowest BCUT2D eigenvalue weighted by atomic mass is 10.0. The summed E-state index contributed by atoms with van der Waals surface area (Å²) in [5, 5.41) is 8.98. The third-order valence-corrected chi connectivity index (χ3v) is 3.56. The minimum atomic E-state index is -0.810. The highest BCUT2D eigenvalue weighted by Gasteiger charge is 2.12. The summed E-state index contributed by atoms with van der Waals surface area (Å²) >= 11 is 0. The molecule has 1 atom stereocenters. The van der Waals surface area contributed by atoms with Crippen molar-refractivity contribution in [1.82, 2.24) is 0 Å². The van der Waals surface area contributed by atoms with E-state index in [2.05, 4.69) is 13.0 Å². The van der Waals surface area contributed by atoms with E-state index >= 15 is 0 Å². The van der Waals surface area contributed by atoms with Gasteiger partial charge in [-0.2, -0.15) is 0 Å². The normalized spacial score (nSPS) is 11.9. The van der Waals surface area contributed by atoms with Gasteiger partial charge in [-0.05, 0) is 42.2 Å². The Balaban J connectivity index is 1.98. The Morgan fingerprint density at radius 2 is 1.86 bits per heavy atom. The van der Waals surface area contributed by atoms with Crippen LogP contribution in [0.5, 0.6) is 5.75 Å². The number of ether oxygens (including phenoxy) is 1. The highest BCUT2D eigenvalue weighted by Crippen LogP contribution is 2.18. The van der Waals surface area contributed by atoms with Gasteiger partial charge in [0.25, 0.3) is 0 Å². The maximum atomic E-state index is 10.9. The average Bonchev–Trinajstić information content (AvgIpc) is 2.53. The first-order valence-corrected chi connectivity index (χ1v) is 7.13. The van der Waals surface area contributed by atoms with E-state index in [0.29, 0.717) is 6.61 Å². The number of aliphatic carboxylic acids is 1. The van der Waals surface area contributed by atoms with Crippen molar-refractivity contribution in [2.24, 2.45) is 0 Å². The summed E-state index contributed by atoms with van der Waals surface area (Å²) in [7, 11) is 0. The molecule has 0 aliphatic rings. The quantitative estimate of drug-likeness (QED) is 0.871. The first-order valence-electron chi connectivity index (χ1n) is 7.13. The van der Waals surface area contributed by atoms with Gasteiger partial charge in [0, 0.05) is 0 Å². The summed E-state index contributed by atoms with van der Waals surface area (Å²) in [5.41, 5.74) is 3.08.